The molecular formula is C15H20O4. The molecule has 0 saturated heterocycles. The summed E-state index contributed by atoms with van der Waals surface area (Å²) < 4.78 is 10.8. The summed E-state index contributed by atoms with van der Waals surface area (Å²) in [6.45, 7) is 2.35. The second-order valence-corrected chi connectivity index (χ2v) is 4.79. The molecule has 1 N–H and O–H groups in total. The smallest absolute Gasteiger partial charge is 0.341 e. The van der Waals surface area contributed by atoms with Gasteiger partial charge in [0.25, 0.3) is 0 Å². The highest BCUT2D eigenvalue weighted by Crippen LogP contribution is 2.35. The molecule has 0 aromatic heterocycles. The van der Waals surface area contributed by atoms with Gasteiger partial charge in [0, 0.05) is 0 Å². The first-order valence-corrected chi connectivity index (χ1v) is 6.72. The summed E-state index contributed by atoms with van der Waals surface area (Å²) in [5, 5.41) is 10.1. The van der Waals surface area contributed by atoms with Gasteiger partial charge in [-0.3, -0.25) is 0 Å². The highest BCUT2D eigenvalue weighted by molar-refractivity contribution is 5.81. The SMILES string of the molecule is CCOC(=O)C1(OCc2ccccc2)CCCC1O. The van der Waals surface area contributed by atoms with E-state index in [0.29, 0.717) is 26.1 Å². The van der Waals surface area contributed by atoms with Crippen molar-refractivity contribution in [3.05, 3.63) is 35.9 Å². The molecule has 19 heavy (non-hydrogen) atoms. The van der Waals surface area contributed by atoms with E-state index in [4.69, 9.17) is 9.47 Å². The predicted octanol–water partition coefficient (Wildman–Crippen LogP) is 2.05. The van der Waals surface area contributed by atoms with E-state index in [9.17, 15) is 9.90 Å². The van der Waals surface area contributed by atoms with Crippen LogP contribution in [0.1, 0.15) is 31.7 Å². The molecule has 0 radical (unpaired) electrons. The zero-order valence-electron chi connectivity index (χ0n) is 11.2. The summed E-state index contributed by atoms with van der Waals surface area (Å²) in [7, 11) is 0. The average molecular weight is 264 g/mol. The molecule has 4 nitrogen and oxygen atoms in total. The van der Waals surface area contributed by atoms with Crippen molar-refractivity contribution in [2.24, 2.45) is 0 Å². The van der Waals surface area contributed by atoms with E-state index >= 15 is 0 Å². The third kappa shape index (κ3) is 2.96. The van der Waals surface area contributed by atoms with Crippen molar-refractivity contribution in [2.75, 3.05) is 6.61 Å². The van der Waals surface area contributed by atoms with E-state index in [1.54, 1.807) is 6.92 Å². The molecule has 0 spiro atoms. The van der Waals surface area contributed by atoms with Gasteiger partial charge in [-0.25, -0.2) is 4.79 Å². The second kappa shape index (κ2) is 6.17. The quantitative estimate of drug-likeness (QED) is 0.827. The van der Waals surface area contributed by atoms with Gasteiger partial charge in [-0.05, 0) is 31.7 Å². The lowest BCUT2D eigenvalue weighted by Gasteiger charge is -2.30. The standard InChI is InChI=1S/C15H20O4/c1-2-18-14(17)15(10-6-9-13(15)16)19-11-12-7-4-3-5-8-12/h3-5,7-8,13,16H,2,6,9-11H2,1H3. The Morgan fingerprint density at radius 1 is 1.42 bits per heavy atom. The maximum absolute atomic E-state index is 12.1. The summed E-state index contributed by atoms with van der Waals surface area (Å²) in [5.74, 6) is -0.448. The highest BCUT2D eigenvalue weighted by atomic mass is 16.6. The number of hydrogen-bond acceptors (Lipinski definition) is 4. The minimum Gasteiger partial charge on any atom is -0.464 e. The second-order valence-electron chi connectivity index (χ2n) is 4.79. The number of aliphatic hydroxyl groups excluding tert-OH is 1. The number of aliphatic hydroxyl groups is 1. The fraction of sp³-hybridized carbons (Fsp3) is 0.533. The monoisotopic (exact) mass is 264 g/mol. The van der Waals surface area contributed by atoms with Crippen molar-refractivity contribution < 1.29 is 19.4 Å². The van der Waals surface area contributed by atoms with Gasteiger partial charge in [0.05, 0.1) is 19.3 Å². The maximum Gasteiger partial charge on any atom is 0.341 e. The van der Waals surface area contributed by atoms with Crippen LogP contribution in [0.2, 0.25) is 0 Å². The number of rotatable bonds is 5. The molecule has 104 valence electrons. The lowest BCUT2D eigenvalue weighted by Crippen LogP contribution is -2.49. The Balaban J connectivity index is 2.08. The lowest BCUT2D eigenvalue weighted by atomic mass is 9.99. The molecule has 0 aliphatic heterocycles. The van der Waals surface area contributed by atoms with Gasteiger partial charge in [-0.2, -0.15) is 0 Å². The van der Waals surface area contributed by atoms with E-state index in [1.807, 2.05) is 30.3 Å². The first-order valence-electron chi connectivity index (χ1n) is 6.72. The molecule has 1 fully saturated rings. The van der Waals surface area contributed by atoms with Crippen molar-refractivity contribution in [1.82, 2.24) is 0 Å². The molecule has 1 saturated carbocycles. The molecule has 1 aromatic rings. The lowest BCUT2D eigenvalue weighted by molar-refractivity contribution is -0.186. The molecule has 0 bridgehead atoms. The number of carbonyl (C=O) groups excluding carboxylic acids is 1. The highest BCUT2D eigenvalue weighted by Gasteiger charge is 2.51. The van der Waals surface area contributed by atoms with Crippen molar-refractivity contribution in [3.63, 3.8) is 0 Å². The number of hydrogen-bond donors (Lipinski definition) is 1. The van der Waals surface area contributed by atoms with Crippen LogP contribution in [-0.2, 0) is 20.9 Å². The van der Waals surface area contributed by atoms with Crippen LogP contribution in [0.15, 0.2) is 30.3 Å². The number of carbonyl (C=O) groups is 1. The van der Waals surface area contributed by atoms with Crippen LogP contribution in [-0.4, -0.2) is 29.4 Å². The fourth-order valence-electron chi connectivity index (χ4n) is 2.46. The van der Waals surface area contributed by atoms with Gasteiger partial charge in [0.2, 0.25) is 0 Å². The molecule has 2 rings (SSSR count). The molecule has 4 heteroatoms. The Morgan fingerprint density at radius 2 is 2.16 bits per heavy atom. The molecule has 1 aliphatic rings. The van der Waals surface area contributed by atoms with E-state index < -0.39 is 17.7 Å². The third-order valence-electron chi connectivity index (χ3n) is 3.52. The van der Waals surface area contributed by atoms with Gasteiger partial charge in [0.1, 0.15) is 0 Å². The zero-order valence-corrected chi connectivity index (χ0v) is 11.2. The summed E-state index contributed by atoms with van der Waals surface area (Å²) >= 11 is 0. The minimum absolute atomic E-state index is 0.294. The Morgan fingerprint density at radius 3 is 2.74 bits per heavy atom. The molecule has 0 amide bonds. The van der Waals surface area contributed by atoms with Crippen LogP contribution in [0.4, 0.5) is 0 Å². The average Bonchev–Trinajstić information content (AvgIpc) is 2.80. The van der Waals surface area contributed by atoms with Gasteiger partial charge in [-0.15, -0.1) is 0 Å². The Kier molecular flexibility index (Phi) is 4.56. The minimum atomic E-state index is -1.19. The number of ether oxygens (including phenoxy) is 2. The Labute approximate surface area is 113 Å². The number of esters is 1. The van der Waals surface area contributed by atoms with Crippen LogP contribution < -0.4 is 0 Å². The van der Waals surface area contributed by atoms with Crippen molar-refractivity contribution in [3.8, 4) is 0 Å². The van der Waals surface area contributed by atoms with Gasteiger partial charge in [-0.1, -0.05) is 30.3 Å². The van der Waals surface area contributed by atoms with Gasteiger partial charge >= 0.3 is 5.97 Å². The van der Waals surface area contributed by atoms with Crippen LogP contribution in [0.25, 0.3) is 0 Å². The fourth-order valence-corrected chi connectivity index (χ4v) is 2.46. The normalized spacial score (nSPS) is 26.3. The first kappa shape index (κ1) is 14.0. The molecule has 1 aromatic carbocycles. The maximum atomic E-state index is 12.1. The first-order chi connectivity index (χ1) is 9.19. The predicted molar refractivity (Wildman–Crippen MR) is 70.5 cm³/mol. The van der Waals surface area contributed by atoms with Gasteiger partial charge in [0.15, 0.2) is 5.60 Å². The van der Waals surface area contributed by atoms with Crippen LogP contribution in [0, 0.1) is 0 Å². The Bertz CT molecular complexity index is 417. The van der Waals surface area contributed by atoms with Crippen LogP contribution in [0.3, 0.4) is 0 Å². The summed E-state index contributed by atoms with van der Waals surface area (Å²) in [6.07, 6.45) is 1.08. The van der Waals surface area contributed by atoms with Crippen molar-refractivity contribution in [1.29, 1.82) is 0 Å². The van der Waals surface area contributed by atoms with E-state index in [0.717, 1.165) is 12.0 Å². The zero-order chi connectivity index (χ0) is 13.7. The van der Waals surface area contributed by atoms with E-state index in [2.05, 4.69) is 0 Å². The molecule has 2 unspecified atom stereocenters. The van der Waals surface area contributed by atoms with Crippen LogP contribution in [0.5, 0.6) is 0 Å². The molecular weight excluding hydrogens is 244 g/mol. The van der Waals surface area contributed by atoms with E-state index in [-0.39, 0.29) is 0 Å². The van der Waals surface area contributed by atoms with E-state index in [1.165, 1.54) is 0 Å². The summed E-state index contributed by atoms with van der Waals surface area (Å²) in [5.41, 5.74) is -0.212. The van der Waals surface area contributed by atoms with Gasteiger partial charge < -0.3 is 14.6 Å². The van der Waals surface area contributed by atoms with Crippen molar-refractivity contribution >= 4 is 5.97 Å². The Hall–Kier alpha value is -1.39. The third-order valence-corrected chi connectivity index (χ3v) is 3.52. The van der Waals surface area contributed by atoms with Crippen molar-refractivity contribution in [2.45, 2.75) is 44.5 Å². The topological polar surface area (TPSA) is 55.8 Å². The molecule has 2 atom stereocenters. The molecule has 0 heterocycles. The van der Waals surface area contributed by atoms with Crippen LogP contribution >= 0.6 is 0 Å². The number of benzene rings is 1. The molecule has 1 aliphatic carbocycles. The summed E-state index contributed by atoms with van der Waals surface area (Å²) in [6, 6.07) is 9.62. The summed E-state index contributed by atoms with van der Waals surface area (Å²) in [4.78, 5) is 12.1. The largest absolute Gasteiger partial charge is 0.464 e.